The van der Waals surface area contributed by atoms with Gasteiger partial charge >= 0.3 is 0 Å². The molecule has 0 saturated heterocycles. The Kier molecular flexibility index (Phi) is 5.48. The van der Waals surface area contributed by atoms with Crippen molar-refractivity contribution in [2.75, 3.05) is 14.2 Å². The zero-order valence-corrected chi connectivity index (χ0v) is 13.1. The number of hydrogen-bond donors (Lipinski definition) is 1. The van der Waals surface area contributed by atoms with Gasteiger partial charge in [0, 0.05) is 6.04 Å². The highest BCUT2D eigenvalue weighted by Crippen LogP contribution is 2.28. The molecule has 1 amide bonds. The number of benzene rings is 1. The van der Waals surface area contributed by atoms with E-state index in [1.54, 1.807) is 14.2 Å². The van der Waals surface area contributed by atoms with Crippen LogP contribution < -0.4 is 14.8 Å². The van der Waals surface area contributed by atoms with Crippen LogP contribution in [0.5, 0.6) is 11.5 Å². The molecule has 1 fully saturated rings. The molecule has 4 nitrogen and oxygen atoms in total. The zero-order valence-electron chi connectivity index (χ0n) is 13.1. The van der Waals surface area contributed by atoms with Gasteiger partial charge < -0.3 is 14.8 Å². The third-order valence-electron chi connectivity index (χ3n) is 4.27. The number of methoxy groups -OCH3 is 2. The van der Waals surface area contributed by atoms with Crippen LogP contribution in [-0.2, 0) is 11.2 Å². The molecule has 0 spiro atoms. The highest BCUT2D eigenvalue weighted by atomic mass is 16.5. The van der Waals surface area contributed by atoms with Crippen molar-refractivity contribution >= 4 is 5.91 Å². The molecule has 2 rings (SSSR count). The third-order valence-corrected chi connectivity index (χ3v) is 4.27. The molecule has 1 aromatic rings. The molecular formula is C17H25NO3. The number of rotatable bonds is 5. The number of amides is 1. The fourth-order valence-electron chi connectivity index (χ4n) is 2.96. The number of ether oxygens (including phenoxy) is 2. The van der Waals surface area contributed by atoms with E-state index in [4.69, 9.17) is 9.47 Å². The minimum Gasteiger partial charge on any atom is -0.493 e. The van der Waals surface area contributed by atoms with Crippen LogP contribution in [0.4, 0.5) is 0 Å². The van der Waals surface area contributed by atoms with Gasteiger partial charge in [0.05, 0.1) is 20.6 Å². The highest BCUT2D eigenvalue weighted by molar-refractivity contribution is 5.79. The van der Waals surface area contributed by atoms with Crippen LogP contribution in [0.15, 0.2) is 18.2 Å². The number of hydrogen-bond acceptors (Lipinski definition) is 3. The van der Waals surface area contributed by atoms with E-state index >= 15 is 0 Å². The second-order valence-corrected chi connectivity index (χ2v) is 5.80. The number of carbonyl (C=O) groups is 1. The fraction of sp³-hybridized carbons (Fsp3) is 0.588. The summed E-state index contributed by atoms with van der Waals surface area (Å²) in [5.74, 6) is 2.01. The molecule has 116 valence electrons. The summed E-state index contributed by atoms with van der Waals surface area (Å²) in [4.78, 5) is 12.2. The number of nitrogens with one attached hydrogen (secondary N) is 1. The Labute approximate surface area is 126 Å². The molecule has 0 aromatic heterocycles. The van der Waals surface area contributed by atoms with Crippen LogP contribution >= 0.6 is 0 Å². The van der Waals surface area contributed by atoms with Gasteiger partial charge in [-0.2, -0.15) is 0 Å². The van der Waals surface area contributed by atoms with E-state index in [1.165, 1.54) is 19.3 Å². The zero-order chi connectivity index (χ0) is 15.2. The van der Waals surface area contributed by atoms with Crippen LogP contribution in [0.2, 0.25) is 0 Å². The van der Waals surface area contributed by atoms with Crippen molar-refractivity contribution in [3.8, 4) is 11.5 Å². The van der Waals surface area contributed by atoms with Gasteiger partial charge in [-0.25, -0.2) is 0 Å². The standard InChI is InChI=1S/C17H25NO3/c1-12-6-4-5-7-14(12)18-17(19)11-13-8-9-15(20-2)16(10-13)21-3/h8-10,12,14H,4-7,11H2,1-3H3,(H,18,19)/t12-,14+/m1/s1. The maximum atomic E-state index is 12.2. The molecule has 0 aliphatic heterocycles. The molecule has 0 radical (unpaired) electrons. The minimum absolute atomic E-state index is 0.0842. The lowest BCUT2D eigenvalue weighted by atomic mass is 9.86. The summed E-state index contributed by atoms with van der Waals surface area (Å²) in [6, 6.07) is 5.94. The summed E-state index contributed by atoms with van der Waals surface area (Å²) in [5, 5.41) is 3.17. The van der Waals surface area contributed by atoms with Crippen molar-refractivity contribution < 1.29 is 14.3 Å². The summed E-state index contributed by atoms with van der Waals surface area (Å²) in [5.41, 5.74) is 0.939. The molecular weight excluding hydrogens is 266 g/mol. The summed E-state index contributed by atoms with van der Waals surface area (Å²) in [6.45, 7) is 2.22. The Morgan fingerprint density at radius 3 is 2.57 bits per heavy atom. The average Bonchev–Trinajstić information content (AvgIpc) is 2.49. The predicted molar refractivity (Wildman–Crippen MR) is 82.8 cm³/mol. The lowest BCUT2D eigenvalue weighted by molar-refractivity contribution is -0.121. The van der Waals surface area contributed by atoms with Crippen LogP contribution in [-0.4, -0.2) is 26.2 Å². The van der Waals surface area contributed by atoms with Gasteiger partial charge in [-0.15, -0.1) is 0 Å². The van der Waals surface area contributed by atoms with E-state index < -0.39 is 0 Å². The van der Waals surface area contributed by atoms with Crippen molar-refractivity contribution in [3.05, 3.63) is 23.8 Å². The van der Waals surface area contributed by atoms with Crippen molar-refractivity contribution in [2.45, 2.75) is 45.1 Å². The smallest absolute Gasteiger partial charge is 0.224 e. The Morgan fingerprint density at radius 2 is 1.90 bits per heavy atom. The molecule has 1 N–H and O–H groups in total. The maximum absolute atomic E-state index is 12.2. The van der Waals surface area contributed by atoms with Gasteiger partial charge in [0.25, 0.3) is 0 Å². The monoisotopic (exact) mass is 291 g/mol. The van der Waals surface area contributed by atoms with Gasteiger partial charge in [0.2, 0.25) is 5.91 Å². The SMILES string of the molecule is COc1ccc(CC(=O)N[C@H]2CCCC[C@H]2C)cc1OC. The third kappa shape index (κ3) is 4.13. The quantitative estimate of drug-likeness (QED) is 0.907. The first kappa shape index (κ1) is 15.7. The van der Waals surface area contributed by atoms with Crippen LogP contribution in [0.25, 0.3) is 0 Å². The summed E-state index contributed by atoms with van der Waals surface area (Å²) < 4.78 is 10.5. The molecule has 1 aliphatic rings. The van der Waals surface area contributed by atoms with E-state index in [2.05, 4.69) is 12.2 Å². The Morgan fingerprint density at radius 1 is 1.19 bits per heavy atom. The Balaban J connectivity index is 1.96. The fourth-order valence-corrected chi connectivity index (χ4v) is 2.96. The van der Waals surface area contributed by atoms with Gasteiger partial charge in [0.15, 0.2) is 11.5 Å². The van der Waals surface area contributed by atoms with E-state index in [1.807, 2.05) is 18.2 Å². The van der Waals surface area contributed by atoms with Gasteiger partial charge in [0.1, 0.15) is 0 Å². The summed E-state index contributed by atoms with van der Waals surface area (Å²) in [7, 11) is 3.21. The minimum atomic E-state index is 0.0842. The van der Waals surface area contributed by atoms with Crippen molar-refractivity contribution in [3.63, 3.8) is 0 Å². The van der Waals surface area contributed by atoms with Crippen molar-refractivity contribution in [2.24, 2.45) is 5.92 Å². The first-order valence-corrected chi connectivity index (χ1v) is 7.64. The predicted octanol–water partition coefficient (Wildman–Crippen LogP) is 2.94. The first-order valence-electron chi connectivity index (χ1n) is 7.64. The molecule has 0 bridgehead atoms. The lowest BCUT2D eigenvalue weighted by Crippen LogP contribution is -2.41. The van der Waals surface area contributed by atoms with Gasteiger partial charge in [-0.05, 0) is 36.5 Å². The maximum Gasteiger partial charge on any atom is 0.224 e. The molecule has 1 saturated carbocycles. The summed E-state index contributed by atoms with van der Waals surface area (Å²) >= 11 is 0. The van der Waals surface area contributed by atoms with E-state index in [9.17, 15) is 4.79 Å². The van der Waals surface area contributed by atoms with Crippen LogP contribution in [0, 0.1) is 5.92 Å². The van der Waals surface area contributed by atoms with Crippen molar-refractivity contribution in [1.82, 2.24) is 5.32 Å². The molecule has 1 aromatic carbocycles. The molecule has 21 heavy (non-hydrogen) atoms. The second kappa shape index (κ2) is 7.34. The molecule has 0 heterocycles. The van der Waals surface area contributed by atoms with Crippen LogP contribution in [0.1, 0.15) is 38.2 Å². The average molecular weight is 291 g/mol. The topological polar surface area (TPSA) is 47.6 Å². The van der Waals surface area contributed by atoms with E-state index in [0.29, 0.717) is 29.9 Å². The molecule has 1 aliphatic carbocycles. The van der Waals surface area contributed by atoms with Gasteiger partial charge in [-0.3, -0.25) is 4.79 Å². The second-order valence-electron chi connectivity index (χ2n) is 5.80. The lowest BCUT2D eigenvalue weighted by Gasteiger charge is -2.29. The molecule has 0 unspecified atom stereocenters. The largest absolute Gasteiger partial charge is 0.493 e. The Bertz CT molecular complexity index is 487. The molecule has 4 heteroatoms. The van der Waals surface area contributed by atoms with E-state index in [0.717, 1.165) is 12.0 Å². The van der Waals surface area contributed by atoms with E-state index in [-0.39, 0.29) is 5.91 Å². The number of carbonyl (C=O) groups excluding carboxylic acids is 1. The Hall–Kier alpha value is -1.71. The first-order chi connectivity index (χ1) is 10.1. The van der Waals surface area contributed by atoms with Crippen LogP contribution in [0.3, 0.4) is 0 Å². The van der Waals surface area contributed by atoms with Crippen molar-refractivity contribution in [1.29, 1.82) is 0 Å². The van der Waals surface area contributed by atoms with Gasteiger partial charge in [-0.1, -0.05) is 25.8 Å². The summed E-state index contributed by atoms with van der Waals surface area (Å²) in [6.07, 6.45) is 5.18. The molecule has 2 atom stereocenters. The normalized spacial score (nSPS) is 21.7. The highest BCUT2D eigenvalue weighted by Gasteiger charge is 2.22.